The third-order valence-electron chi connectivity index (χ3n) is 3.52. The van der Waals surface area contributed by atoms with Crippen LogP contribution in [0.5, 0.6) is 0 Å². The average molecular weight is 228 g/mol. The van der Waals surface area contributed by atoms with E-state index in [-0.39, 0.29) is 6.10 Å². The molecule has 0 aromatic carbocycles. The second-order valence-corrected chi connectivity index (χ2v) is 5.20. The monoisotopic (exact) mass is 228 g/mol. The average Bonchev–Trinajstić information content (AvgIpc) is 2.65. The van der Waals surface area contributed by atoms with Crippen LogP contribution in [0, 0.1) is 0 Å². The van der Waals surface area contributed by atoms with E-state index in [0.29, 0.717) is 12.1 Å². The molecule has 4 nitrogen and oxygen atoms in total. The molecule has 4 heteroatoms. The minimum Gasteiger partial charge on any atom is -0.392 e. The summed E-state index contributed by atoms with van der Waals surface area (Å²) in [5.41, 5.74) is 0. The summed E-state index contributed by atoms with van der Waals surface area (Å²) in [5.74, 6) is 0. The Bertz CT molecular complexity index is 200. The third-order valence-corrected chi connectivity index (χ3v) is 3.52. The Morgan fingerprint density at radius 2 is 2.25 bits per heavy atom. The first kappa shape index (κ1) is 12.3. The van der Waals surface area contributed by atoms with Crippen molar-refractivity contribution in [2.24, 2.45) is 0 Å². The van der Waals surface area contributed by atoms with Crippen LogP contribution in [0.15, 0.2) is 0 Å². The molecule has 0 aromatic heterocycles. The first-order valence-corrected chi connectivity index (χ1v) is 6.45. The summed E-state index contributed by atoms with van der Waals surface area (Å²) in [6, 6.07) is 0.448. The van der Waals surface area contributed by atoms with E-state index >= 15 is 0 Å². The maximum absolute atomic E-state index is 9.43. The van der Waals surface area contributed by atoms with Crippen LogP contribution in [0.1, 0.15) is 25.7 Å². The Morgan fingerprint density at radius 3 is 2.88 bits per heavy atom. The summed E-state index contributed by atoms with van der Waals surface area (Å²) >= 11 is 0. The van der Waals surface area contributed by atoms with Crippen LogP contribution in [-0.2, 0) is 4.74 Å². The van der Waals surface area contributed by atoms with Crippen molar-refractivity contribution in [1.82, 2.24) is 10.2 Å². The van der Waals surface area contributed by atoms with Gasteiger partial charge in [0.1, 0.15) is 0 Å². The van der Waals surface area contributed by atoms with Gasteiger partial charge in [0.2, 0.25) is 0 Å². The molecule has 2 saturated heterocycles. The van der Waals surface area contributed by atoms with Gasteiger partial charge in [-0.05, 0) is 32.7 Å². The Hall–Kier alpha value is -0.160. The summed E-state index contributed by atoms with van der Waals surface area (Å²) in [7, 11) is 2.14. The first-order valence-electron chi connectivity index (χ1n) is 6.45. The third kappa shape index (κ3) is 3.70. The highest BCUT2D eigenvalue weighted by molar-refractivity contribution is 4.83. The fraction of sp³-hybridized carbons (Fsp3) is 1.00. The highest BCUT2D eigenvalue weighted by Gasteiger charge is 2.24. The van der Waals surface area contributed by atoms with Crippen molar-refractivity contribution < 1.29 is 9.84 Å². The van der Waals surface area contributed by atoms with E-state index in [1.807, 2.05) is 0 Å². The van der Waals surface area contributed by atoms with Gasteiger partial charge in [-0.25, -0.2) is 0 Å². The number of hydrogen-bond acceptors (Lipinski definition) is 4. The largest absolute Gasteiger partial charge is 0.392 e. The zero-order valence-electron chi connectivity index (χ0n) is 10.2. The Kier molecular flexibility index (Phi) is 4.58. The maximum atomic E-state index is 9.43. The van der Waals surface area contributed by atoms with Gasteiger partial charge >= 0.3 is 0 Å². The minimum atomic E-state index is -0.149. The Morgan fingerprint density at radius 1 is 1.38 bits per heavy atom. The number of nitrogens with zero attached hydrogens (tertiary/aromatic N) is 1. The number of hydrogen-bond donors (Lipinski definition) is 2. The smallest absolute Gasteiger partial charge is 0.0701 e. The van der Waals surface area contributed by atoms with Crippen LogP contribution in [-0.4, -0.2) is 61.5 Å². The molecule has 2 fully saturated rings. The van der Waals surface area contributed by atoms with Crippen LogP contribution in [0.4, 0.5) is 0 Å². The number of likely N-dealkylation sites (N-methyl/N-ethyl adjacent to an activating group) is 1. The topological polar surface area (TPSA) is 44.7 Å². The van der Waals surface area contributed by atoms with Crippen LogP contribution in [0.2, 0.25) is 0 Å². The molecule has 2 rings (SSSR count). The van der Waals surface area contributed by atoms with E-state index in [9.17, 15) is 5.11 Å². The fourth-order valence-corrected chi connectivity index (χ4v) is 2.69. The van der Waals surface area contributed by atoms with Gasteiger partial charge in [0.25, 0.3) is 0 Å². The molecular formula is C12H24N2O2. The normalized spacial score (nSPS) is 35.8. The van der Waals surface area contributed by atoms with E-state index in [4.69, 9.17) is 4.74 Å². The Labute approximate surface area is 98.0 Å². The van der Waals surface area contributed by atoms with Crippen molar-refractivity contribution in [3.8, 4) is 0 Å². The number of β-amino-alcohol motifs (C(OH)–C–C–N with tert-alkyl or cyclic N) is 1. The molecular weight excluding hydrogens is 204 g/mol. The highest BCUT2D eigenvalue weighted by atomic mass is 16.5. The molecule has 2 aliphatic heterocycles. The zero-order valence-corrected chi connectivity index (χ0v) is 10.2. The molecule has 94 valence electrons. The minimum absolute atomic E-state index is 0.149. The van der Waals surface area contributed by atoms with Gasteiger partial charge in [-0.3, -0.25) is 0 Å². The molecule has 16 heavy (non-hydrogen) atoms. The lowest BCUT2D eigenvalue weighted by Crippen LogP contribution is -2.40. The van der Waals surface area contributed by atoms with Crippen molar-refractivity contribution in [3.05, 3.63) is 0 Å². The van der Waals surface area contributed by atoms with Gasteiger partial charge in [-0.15, -0.1) is 0 Å². The fourth-order valence-electron chi connectivity index (χ4n) is 2.69. The number of aliphatic hydroxyl groups excluding tert-OH is 1. The standard InChI is InChI=1S/C12H24N2O2/c1-14(8-10-6-11(15)7-13-10)9-12-4-2-3-5-16-12/h10-13,15H,2-9H2,1H3. The summed E-state index contributed by atoms with van der Waals surface area (Å²) in [4.78, 5) is 2.33. The van der Waals surface area contributed by atoms with E-state index < -0.39 is 0 Å². The summed E-state index contributed by atoms with van der Waals surface area (Å²) in [6.07, 6.45) is 4.88. The van der Waals surface area contributed by atoms with Crippen LogP contribution in [0.25, 0.3) is 0 Å². The number of rotatable bonds is 4. The van der Waals surface area contributed by atoms with Crippen LogP contribution in [0.3, 0.4) is 0 Å². The van der Waals surface area contributed by atoms with E-state index in [2.05, 4.69) is 17.3 Å². The summed E-state index contributed by atoms with van der Waals surface area (Å²) in [6.45, 7) is 3.71. The zero-order chi connectivity index (χ0) is 11.4. The lowest BCUT2D eigenvalue weighted by Gasteiger charge is -2.28. The second-order valence-electron chi connectivity index (χ2n) is 5.20. The molecule has 0 bridgehead atoms. The van der Waals surface area contributed by atoms with E-state index in [1.54, 1.807) is 0 Å². The van der Waals surface area contributed by atoms with Crippen LogP contribution < -0.4 is 5.32 Å². The van der Waals surface area contributed by atoms with Gasteiger partial charge in [-0.2, -0.15) is 0 Å². The van der Waals surface area contributed by atoms with E-state index in [1.165, 1.54) is 19.3 Å². The first-order chi connectivity index (χ1) is 7.74. The molecule has 0 aliphatic carbocycles. The predicted molar refractivity (Wildman–Crippen MR) is 63.5 cm³/mol. The van der Waals surface area contributed by atoms with Crippen molar-refractivity contribution in [2.45, 2.75) is 43.9 Å². The van der Waals surface area contributed by atoms with Gasteiger partial charge < -0.3 is 20.1 Å². The molecule has 3 unspecified atom stereocenters. The van der Waals surface area contributed by atoms with Gasteiger partial charge in [0.05, 0.1) is 12.2 Å². The van der Waals surface area contributed by atoms with Gasteiger partial charge in [-0.1, -0.05) is 0 Å². The highest BCUT2D eigenvalue weighted by Crippen LogP contribution is 2.14. The van der Waals surface area contributed by atoms with E-state index in [0.717, 1.165) is 32.7 Å². The van der Waals surface area contributed by atoms with Crippen molar-refractivity contribution >= 4 is 0 Å². The van der Waals surface area contributed by atoms with Crippen molar-refractivity contribution in [2.75, 3.05) is 33.3 Å². The lowest BCUT2D eigenvalue weighted by atomic mass is 10.1. The lowest BCUT2D eigenvalue weighted by molar-refractivity contribution is -0.00245. The molecule has 0 aromatic rings. The molecule has 0 spiro atoms. The second kappa shape index (κ2) is 5.96. The molecule has 0 radical (unpaired) electrons. The van der Waals surface area contributed by atoms with Crippen molar-refractivity contribution in [3.63, 3.8) is 0 Å². The van der Waals surface area contributed by atoms with Crippen LogP contribution >= 0.6 is 0 Å². The Balaban J connectivity index is 1.65. The predicted octanol–water partition coefficient (Wildman–Crippen LogP) is 0.210. The van der Waals surface area contributed by atoms with Crippen molar-refractivity contribution in [1.29, 1.82) is 0 Å². The molecule has 2 heterocycles. The quantitative estimate of drug-likeness (QED) is 0.722. The summed E-state index contributed by atoms with van der Waals surface area (Å²) in [5, 5.41) is 12.8. The maximum Gasteiger partial charge on any atom is 0.0701 e. The molecule has 3 atom stereocenters. The SMILES string of the molecule is CN(CC1CC(O)CN1)CC1CCCCO1. The van der Waals surface area contributed by atoms with Gasteiger partial charge in [0.15, 0.2) is 0 Å². The number of nitrogens with one attached hydrogen (secondary N) is 1. The molecule has 2 aliphatic rings. The number of ether oxygens (including phenoxy) is 1. The number of aliphatic hydroxyl groups is 1. The molecule has 2 N–H and O–H groups in total. The molecule has 0 amide bonds. The van der Waals surface area contributed by atoms with Gasteiger partial charge in [0, 0.05) is 32.3 Å². The molecule has 0 saturated carbocycles. The summed E-state index contributed by atoms with van der Waals surface area (Å²) < 4.78 is 5.72.